The smallest absolute Gasteiger partial charge is 0.133 e. The molecule has 0 saturated carbocycles. The first kappa shape index (κ1) is 16.7. The standard InChI is InChI=1S/C19H26N4O/c1-15(2)19-20-9-8-18(21-19)23-12-10-22(11-13-23)14-16-6-4-5-7-17(16)24-3/h4-9,15H,10-14H2,1-3H3. The number of nitrogens with zero attached hydrogens (tertiary/aromatic N) is 4. The summed E-state index contributed by atoms with van der Waals surface area (Å²) >= 11 is 0. The number of benzene rings is 1. The second kappa shape index (κ2) is 7.62. The van der Waals surface area contributed by atoms with E-state index in [9.17, 15) is 0 Å². The third-order valence-corrected chi connectivity index (χ3v) is 4.46. The summed E-state index contributed by atoms with van der Waals surface area (Å²) < 4.78 is 5.46. The number of aromatic nitrogens is 2. The number of ether oxygens (including phenoxy) is 1. The van der Waals surface area contributed by atoms with Crippen LogP contribution >= 0.6 is 0 Å². The molecule has 0 aliphatic carbocycles. The molecule has 128 valence electrons. The first-order valence-corrected chi connectivity index (χ1v) is 8.59. The van der Waals surface area contributed by atoms with Crippen LogP contribution in [0.3, 0.4) is 0 Å². The van der Waals surface area contributed by atoms with Crippen molar-refractivity contribution in [3.8, 4) is 5.75 Å². The molecule has 0 spiro atoms. The van der Waals surface area contributed by atoms with Crippen LogP contribution in [0.4, 0.5) is 5.82 Å². The Morgan fingerprint density at radius 1 is 1.08 bits per heavy atom. The van der Waals surface area contributed by atoms with Crippen molar-refractivity contribution < 1.29 is 4.74 Å². The van der Waals surface area contributed by atoms with Crippen LogP contribution in [0.5, 0.6) is 5.75 Å². The Morgan fingerprint density at radius 2 is 1.83 bits per heavy atom. The molecule has 24 heavy (non-hydrogen) atoms. The maximum absolute atomic E-state index is 5.46. The molecule has 0 unspecified atom stereocenters. The fourth-order valence-electron chi connectivity index (χ4n) is 3.03. The van der Waals surface area contributed by atoms with Crippen molar-refractivity contribution in [1.82, 2.24) is 14.9 Å². The van der Waals surface area contributed by atoms with Crippen LogP contribution in [0, 0.1) is 0 Å². The Bertz CT molecular complexity index is 666. The molecule has 1 aromatic heterocycles. The Kier molecular flexibility index (Phi) is 5.30. The van der Waals surface area contributed by atoms with Crippen molar-refractivity contribution in [3.63, 3.8) is 0 Å². The third kappa shape index (κ3) is 3.85. The van der Waals surface area contributed by atoms with Gasteiger partial charge in [0, 0.05) is 50.4 Å². The molecule has 0 N–H and O–H groups in total. The predicted octanol–water partition coefficient (Wildman–Crippen LogP) is 2.93. The number of methoxy groups -OCH3 is 1. The summed E-state index contributed by atoms with van der Waals surface area (Å²) in [5.41, 5.74) is 1.25. The maximum Gasteiger partial charge on any atom is 0.133 e. The van der Waals surface area contributed by atoms with Gasteiger partial charge in [-0.1, -0.05) is 32.0 Å². The minimum Gasteiger partial charge on any atom is -0.496 e. The van der Waals surface area contributed by atoms with Crippen LogP contribution < -0.4 is 9.64 Å². The van der Waals surface area contributed by atoms with Crippen LogP contribution in [0.15, 0.2) is 36.5 Å². The number of para-hydroxylation sites is 1. The van der Waals surface area contributed by atoms with Gasteiger partial charge in [-0.3, -0.25) is 4.90 Å². The Hall–Kier alpha value is -2.14. The van der Waals surface area contributed by atoms with Gasteiger partial charge in [0.15, 0.2) is 0 Å². The minimum absolute atomic E-state index is 0.358. The van der Waals surface area contributed by atoms with E-state index in [4.69, 9.17) is 9.72 Å². The van der Waals surface area contributed by atoms with E-state index in [-0.39, 0.29) is 0 Å². The van der Waals surface area contributed by atoms with E-state index >= 15 is 0 Å². The molecule has 5 nitrogen and oxygen atoms in total. The monoisotopic (exact) mass is 326 g/mol. The van der Waals surface area contributed by atoms with Crippen molar-refractivity contribution in [2.24, 2.45) is 0 Å². The summed E-state index contributed by atoms with van der Waals surface area (Å²) in [5, 5.41) is 0. The number of hydrogen-bond acceptors (Lipinski definition) is 5. The van der Waals surface area contributed by atoms with Gasteiger partial charge in [-0.2, -0.15) is 0 Å². The van der Waals surface area contributed by atoms with Crippen molar-refractivity contribution in [3.05, 3.63) is 47.9 Å². The molecule has 1 fully saturated rings. The molecule has 2 heterocycles. The highest BCUT2D eigenvalue weighted by atomic mass is 16.5. The highest BCUT2D eigenvalue weighted by Gasteiger charge is 2.19. The average molecular weight is 326 g/mol. The van der Waals surface area contributed by atoms with Crippen LogP contribution in [-0.2, 0) is 6.54 Å². The van der Waals surface area contributed by atoms with E-state index in [1.54, 1.807) is 7.11 Å². The predicted molar refractivity (Wildman–Crippen MR) is 96.6 cm³/mol. The first-order valence-electron chi connectivity index (χ1n) is 8.59. The van der Waals surface area contributed by atoms with Gasteiger partial charge in [0.25, 0.3) is 0 Å². The van der Waals surface area contributed by atoms with Crippen LogP contribution in [0.1, 0.15) is 31.2 Å². The highest BCUT2D eigenvalue weighted by molar-refractivity contribution is 5.38. The number of piperazine rings is 1. The largest absolute Gasteiger partial charge is 0.496 e. The Morgan fingerprint density at radius 3 is 2.54 bits per heavy atom. The normalized spacial score (nSPS) is 15.8. The summed E-state index contributed by atoms with van der Waals surface area (Å²) in [6, 6.07) is 10.3. The van der Waals surface area contributed by atoms with E-state index in [1.807, 2.05) is 24.4 Å². The molecular weight excluding hydrogens is 300 g/mol. The molecule has 0 radical (unpaired) electrons. The van der Waals surface area contributed by atoms with Crippen LogP contribution in [0.2, 0.25) is 0 Å². The summed E-state index contributed by atoms with van der Waals surface area (Å²) in [6.45, 7) is 9.22. The zero-order chi connectivity index (χ0) is 16.9. The van der Waals surface area contributed by atoms with Gasteiger partial charge in [0.2, 0.25) is 0 Å². The minimum atomic E-state index is 0.358. The number of hydrogen-bond donors (Lipinski definition) is 0. The summed E-state index contributed by atoms with van der Waals surface area (Å²) in [4.78, 5) is 13.9. The van der Waals surface area contributed by atoms with Gasteiger partial charge in [-0.15, -0.1) is 0 Å². The Balaban J connectivity index is 1.61. The molecule has 5 heteroatoms. The average Bonchev–Trinajstić information content (AvgIpc) is 2.63. The Labute approximate surface area is 144 Å². The highest BCUT2D eigenvalue weighted by Crippen LogP contribution is 2.21. The summed E-state index contributed by atoms with van der Waals surface area (Å²) in [7, 11) is 1.73. The second-order valence-electron chi connectivity index (χ2n) is 6.50. The number of rotatable bonds is 5. The zero-order valence-corrected chi connectivity index (χ0v) is 14.8. The van der Waals surface area contributed by atoms with Crippen molar-refractivity contribution in [2.75, 3.05) is 38.2 Å². The van der Waals surface area contributed by atoms with Crippen molar-refractivity contribution in [2.45, 2.75) is 26.3 Å². The van der Waals surface area contributed by atoms with Crippen LogP contribution in [-0.4, -0.2) is 48.2 Å². The quantitative estimate of drug-likeness (QED) is 0.845. The van der Waals surface area contributed by atoms with E-state index < -0.39 is 0 Å². The molecular formula is C19H26N4O. The molecule has 1 aliphatic heterocycles. The topological polar surface area (TPSA) is 41.5 Å². The summed E-state index contributed by atoms with van der Waals surface area (Å²) in [5.74, 6) is 3.30. The second-order valence-corrected chi connectivity index (χ2v) is 6.50. The third-order valence-electron chi connectivity index (χ3n) is 4.46. The lowest BCUT2D eigenvalue weighted by Crippen LogP contribution is -2.46. The van der Waals surface area contributed by atoms with Gasteiger partial charge in [0.05, 0.1) is 7.11 Å². The van der Waals surface area contributed by atoms with E-state index in [1.165, 1.54) is 5.56 Å². The first-order chi connectivity index (χ1) is 11.7. The zero-order valence-electron chi connectivity index (χ0n) is 14.8. The number of anilines is 1. The lowest BCUT2D eigenvalue weighted by atomic mass is 10.1. The SMILES string of the molecule is COc1ccccc1CN1CCN(c2ccnc(C(C)C)n2)CC1. The maximum atomic E-state index is 5.46. The lowest BCUT2D eigenvalue weighted by Gasteiger charge is -2.35. The molecule has 0 amide bonds. The molecule has 1 aliphatic rings. The van der Waals surface area contributed by atoms with Gasteiger partial charge in [-0.05, 0) is 12.1 Å². The summed E-state index contributed by atoms with van der Waals surface area (Å²) in [6.07, 6.45) is 1.87. The fourth-order valence-corrected chi connectivity index (χ4v) is 3.03. The molecule has 3 rings (SSSR count). The van der Waals surface area contributed by atoms with E-state index in [2.05, 4.69) is 40.8 Å². The van der Waals surface area contributed by atoms with Crippen molar-refractivity contribution in [1.29, 1.82) is 0 Å². The van der Waals surface area contributed by atoms with Gasteiger partial charge >= 0.3 is 0 Å². The lowest BCUT2D eigenvalue weighted by molar-refractivity contribution is 0.245. The van der Waals surface area contributed by atoms with E-state index in [0.29, 0.717) is 5.92 Å². The molecule has 2 aromatic rings. The van der Waals surface area contributed by atoms with Crippen molar-refractivity contribution >= 4 is 5.82 Å². The molecule has 0 atom stereocenters. The molecule has 1 saturated heterocycles. The van der Waals surface area contributed by atoms with Gasteiger partial charge in [0.1, 0.15) is 17.4 Å². The van der Waals surface area contributed by atoms with Gasteiger partial charge < -0.3 is 9.64 Å². The van der Waals surface area contributed by atoms with Gasteiger partial charge in [-0.25, -0.2) is 9.97 Å². The molecule has 1 aromatic carbocycles. The van der Waals surface area contributed by atoms with E-state index in [0.717, 1.165) is 50.1 Å². The molecule has 0 bridgehead atoms. The fraction of sp³-hybridized carbons (Fsp3) is 0.474. The van der Waals surface area contributed by atoms with Crippen LogP contribution in [0.25, 0.3) is 0 Å².